The standard InChI is InChI=1S/C10H7ClN2O4S3/c11-7-2-4-9(19-7)20(16,17)13-10-12-5-6(18-10)1-3-8(14)15/h1-5H,(H,12,13)(H,14,15). The van der Waals surface area contributed by atoms with E-state index in [1.54, 1.807) is 0 Å². The molecule has 0 saturated heterocycles. The minimum atomic E-state index is -3.72. The lowest BCUT2D eigenvalue weighted by atomic mass is 10.4. The molecule has 2 rings (SSSR count). The lowest BCUT2D eigenvalue weighted by Gasteiger charge is -2.01. The number of carbonyl (C=O) groups is 1. The summed E-state index contributed by atoms with van der Waals surface area (Å²) in [7, 11) is -3.72. The number of carboxylic acid groups (broad SMARTS) is 1. The van der Waals surface area contributed by atoms with Crippen LogP contribution in [0.4, 0.5) is 5.13 Å². The van der Waals surface area contributed by atoms with Crippen molar-refractivity contribution in [3.05, 3.63) is 33.6 Å². The van der Waals surface area contributed by atoms with Crippen molar-refractivity contribution in [1.82, 2.24) is 4.98 Å². The molecule has 0 amide bonds. The van der Waals surface area contributed by atoms with E-state index in [1.807, 2.05) is 0 Å². The number of hydrogen-bond donors (Lipinski definition) is 2. The topological polar surface area (TPSA) is 96.4 Å². The van der Waals surface area contributed by atoms with Gasteiger partial charge in [0.05, 0.1) is 4.34 Å². The van der Waals surface area contributed by atoms with E-state index in [0.29, 0.717) is 9.21 Å². The molecule has 0 spiro atoms. The molecule has 2 N–H and O–H groups in total. The summed E-state index contributed by atoms with van der Waals surface area (Å²) >= 11 is 7.65. The first-order valence-electron chi connectivity index (χ1n) is 5.02. The number of sulfonamides is 1. The Morgan fingerprint density at radius 1 is 1.40 bits per heavy atom. The average molecular weight is 351 g/mol. The van der Waals surface area contributed by atoms with Gasteiger partial charge in [0.15, 0.2) is 5.13 Å². The van der Waals surface area contributed by atoms with Crippen LogP contribution in [0.1, 0.15) is 4.88 Å². The summed E-state index contributed by atoms with van der Waals surface area (Å²) < 4.78 is 26.7. The molecule has 0 unspecified atom stereocenters. The highest BCUT2D eigenvalue weighted by Crippen LogP contribution is 2.28. The Labute approximate surface area is 127 Å². The summed E-state index contributed by atoms with van der Waals surface area (Å²) in [6.07, 6.45) is 3.66. The zero-order chi connectivity index (χ0) is 14.8. The van der Waals surface area contributed by atoms with Gasteiger partial charge < -0.3 is 5.11 Å². The van der Waals surface area contributed by atoms with Gasteiger partial charge in [0.2, 0.25) is 0 Å². The normalized spacial score (nSPS) is 11.8. The molecule has 2 heterocycles. The molecule has 2 aromatic rings. The molecule has 106 valence electrons. The third kappa shape index (κ3) is 3.79. The number of anilines is 1. The van der Waals surface area contributed by atoms with Gasteiger partial charge in [-0.2, -0.15) is 0 Å². The van der Waals surface area contributed by atoms with Gasteiger partial charge in [-0.15, -0.1) is 11.3 Å². The van der Waals surface area contributed by atoms with E-state index in [-0.39, 0.29) is 9.34 Å². The minimum Gasteiger partial charge on any atom is -0.478 e. The van der Waals surface area contributed by atoms with E-state index in [4.69, 9.17) is 16.7 Å². The van der Waals surface area contributed by atoms with Crippen LogP contribution in [0.25, 0.3) is 6.08 Å². The smallest absolute Gasteiger partial charge is 0.328 e. The Hall–Kier alpha value is -1.42. The van der Waals surface area contributed by atoms with Crippen LogP contribution in [-0.4, -0.2) is 24.5 Å². The van der Waals surface area contributed by atoms with E-state index in [0.717, 1.165) is 28.7 Å². The first-order chi connectivity index (χ1) is 9.37. The summed E-state index contributed by atoms with van der Waals surface area (Å²) in [6, 6.07) is 2.89. The fraction of sp³-hybridized carbons (Fsp3) is 0. The van der Waals surface area contributed by atoms with Crippen LogP contribution in [0.3, 0.4) is 0 Å². The zero-order valence-corrected chi connectivity index (χ0v) is 12.8. The number of halogens is 1. The fourth-order valence-electron chi connectivity index (χ4n) is 1.17. The van der Waals surface area contributed by atoms with Gasteiger partial charge in [-0.1, -0.05) is 22.9 Å². The fourth-order valence-corrected chi connectivity index (χ4v) is 4.62. The molecule has 6 nitrogen and oxygen atoms in total. The van der Waals surface area contributed by atoms with Crippen LogP contribution in [0.2, 0.25) is 4.34 Å². The van der Waals surface area contributed by atoms with Gasteiger partial charge in [0, 0.05) is 17.2 Å². The Morgan fingerprint density at radius 3 is 2.75 bits per heavy atom. The van der Waals surface area contributed by atoms with Crippen molar-refractivity contribution in [3.8, 4) is 0 Å². The highest BCUT2D eigenvalue weighted by Gasteiger charge is 2.18. The molecule has 0 aliphatic heterocycles. The molecular weight excluding hydrogens is 344 g/mol. The predicted octanol–water partition coefficient (Wildman–Crippen LogP) is 2.76. The van der Waals surface area contributed by atoms with Gasteiger partial charge in [-0.05, 0) is 18.2 Å². The number of aliphatic carboxylic acids is 1. The summed E-state index contributed by atoms with van der Waals surface area (Å²) in [5, 5.41) is 8.65. The zero-order valence-electron chi connectivity index (χ0n) is 9.61. The monoisotopic (exact) mass is 350 g/mol. The Bertz CT molecular complexity index is 763. The molecule has 2 aromatic heterocycles. The number of nitrogens with one attached hydrogen (secondary N) is 1. The first-order valence-corrected chi connectivity index (χ1v) is 8.51. The summed E-state index contributed by atoms with van der Waals surface area (Å²) in [4.78, 5) is 14.8. The second-order valence-corrected chi connectivity index (χ2v) is 8.09. The highest BCUT2D eigenvalue weighted by molar-refractivity contribution is 7.94. The Balaban J connectivity index is 2.16. The van der Waals surface area contributed by atoms with Crippen molar-refractivity contribution >= 4 is 61.5 Å². The number of aromatic nitrogens is 1. The van der Waals surface area contributed by atoms with Crippen molar-refractivity contribution < 1.29 is 18.3 Å². The van der Waals surface area contributed by atoms with E-state index in [2.05, 4.69) is 9.71 Å². The summed E-state index contributed by atoms with van der Waals surface area (Å²) in [5.74, 6) is -1.09. The Kier molecular flexibility index (Phi) is 4.43. The maximum absolute atomic E-state index is 12.0. The van der Waals surface area contributed by atoms with Crippen LogP contribution in [-0.2, 0) is 14.8 Å². The first kappa shape index (κ1) is 15.0. The molecule has 0 bridgehead atoms. The quantitative estimate of drug-likeness (QED) is 0.808. The highest BCUT2D eigenvalue weighted by atomic mass is 35.5. The van der Waals surface area contributed by atoms with Crippen LogP contribution in [0.5, 0.6) is 0 Å². The van der Waals surface area contributed by atoms with Crippen molar-refractivity contribution in [2.24, 2.45) is 0 Å². The molecule has 0 aromatic carbocycles. The third-order valence-electron chi connectivity index (χ3n) is 1.95. The maximum atomic E-state index is 12.0. The number of hydrogen-bond acceptors (Lipinski definition) is 6. The number of thiophene rings is 1. The number of rotatable bonds is 5. The van der Waals surface area contributed by atoms with Crippen molar-refractivity contribution in [2.45, 2.75) is 4.21 Å². The Morgan fingerprint density at radius 2 is 2.15 bits per heavy atom. The van der Waals surface area contributed by atoms with E-state index < -0.39 is 16.0 Å². The van der Waals surface area contributed by atoms with Crippen LogP contribution in [0, 0.1) is 0 Å². The van der Waals surface area contributed by atoms with Gasteiger partial charge in [0.1, 0.15) is 4.21 Å². The van der Waals surface area contributed by atoms with Crippen LogP contribution < -0.4 is 4.72 Å². The van der Waals surface area contributed by atoms with Crippen molar-refractivity contribution in [3.63, 3.8) is 0 Å². The van der Waals surface area contributed by atoms with Gasteiger partial charge >= 0.3 is 5.97 Å². The van der Waals surface area contributed by atoms with Crippen LogP contribution >= 0.6 is 34.3 Å². The summed E-state index contributed by atoms with van der Waals surface area (Å²) in [5.41, 5.74) is 0. The minimum absolute atomic E-state index is 0.0836. The molecular formula is C10H7ClN2O4S3. The second kappa shape index (κ2) is 5.92. The molecule has 0 radical (unpaired) electrons. The van der Waals surface area contributed by atoms with Gasteiger partial charge in [-0.3, -0.25) is 4.72 Å². The molecule has 0 fully saturated rings. The average Bonchev–Trinajstić information content (AvgIpc) is 2.95. The lowest BCUT2D eigenvalue weighted by molar-refractivity contribution is -0.131. The number of carboxylic acids is 1. The van der Waals surface area contributed by atoms with Crippen molar-refractivity contribution in [1.29, 1.82) is 0 Å². The third-order valence-corrected chi connectivity index (χ3v) is 6.02. The maximum Gasteiger partial charge on any atom is 0.328 e. The summed E-state index contributed by atoms with van der Waals surface area (Å²) in [6.45, 7) is 0. The molecule has 0 aliphatic rings. The number of thiazole rings is 1. The lowest BCUT2D eigenvalue weighted by Crippen LogP contribution is -2.10. The number of nitrogens with zero attached hydrogens (tertiary/aromatic N) is 1. The van der Waals surface area contributed by atoms with E-state index in [1.165, 1.54) is 24.4 Å². The molecule has 20 heavy (non-hydrogen) atoms. The molecule has 10 heteroatoms. The molecule has 0 aliphatic carbocycles. The largest absolute Gasteiger partial charge is 0.478 e. The van der Waals surface area contributed by atoms with E-state index in [9.17, 15) is 13.2 Å². The van der Waals surface area contributed by atoms with Gasteiger partial charge in [-0.25, -0.2) is 18.2 Å². The van der Waals surface area contributed by atoms with Crippen molar-refractivity contribution in [2.75, 3.05) is 4.72 Å². The SMILES string of the molecule is O=C(O)C=Cc1cnc(NS(=O)(=O)c2ccc(Cl)s2)s1. The van der Waals surface area contributed by atoms with E-state index >= 15 is 0 Å². The van der Waals surface area contributed by atoms with Gasteiger partial charge in [0.25, 0.3) is 10.0 Å². The van der Waals surface area contributed by atoms with Crippen LogP contribution in [0.15, 0.2) is 28.6 Å². The predicted molar refractivity (Wildman–Crippen MR) is 78.9 cm³/mol. The molecule has 0 atom stereocenters. The second-order valence-electron chi connectivity index (χ2n) is 3.40. The molecule has 0 saturated carbocycles.